The lowest BCUT2D eigenvalue weighted by Crippen LogP contribution is -2.46. The summed E-state index contributed by atoms with van der Waals surface area (Å²) in [5, 5.41) is 24.2. The molecule has 1 aliphatic carbocycles. The molecule has 1 saturated carbocycles. The summed E-state index contributed by atoms with van der Waals surface area (Å²) in [7, 11) is 2.22. The van der Waals surface area contributed by atoms with Gasteiger partial charge in [-0.3, -0.25) is 0 Å². The topological polar surface area (TPSA) is 80.2 Å². The maximum Gasteiger partial charge on any atom is 0.500 e. The molecule has 25 heavy (non-hydrogen) atoms. The lowest BCUT2D eigenvalue weighted by Gasteiger charge is -2.37. The summed E-state index contributed by atoms with van der Waals surface area (Å²) in [6.07, 6.45) is 3.20. The van der Waals surface area contributed by atoms with Crippen LogP contribution in [0.1, 0.15) is 31.2 Å². The van der Waals surface area contributed by atoms with Crippen molar-refractivity contribution in [2.75, 3.05) is 26.6 Å². The van der Waals surface area contributed by atoms with E-state index in [2.05, 4.69) is 5.32 Å². The summed E-state index contributed by atoms with van der Waals surface area (Å²) in [4.78, 5) is 0. The highest BCUT2D eigenvalue weighted by atomic mass is 28.4. The highest BCUT2D eigenvalue weighted by molar-refractivity contribution is 6.60. The number of benzene rings is 1. The van der Waals surface area contributed by atoms with E-state index in [9.17, 15) is 10.2 Å². The quantitative estimate of drug-likeness (QED) is 0.483. The van der Waals surface area contributed by atoms with Gasteiger partial charge in [-0.25, -0.2) is 0 Å². The van der Waals surface area contributed by atoms with E-state index in [-0.39, 0.29) is 17.7 Å². The van der Waals surface area contributed by atoms with Crippen LogP contribution in [0, 0.1) is 12.8 Å². The molecule has 1 aliphatic rings. The highest BCUT2D eigenvalue weighted by Gasteiger charge is 2.40. The monoisotopic (exact) mass is 369 g/mol. The molecule has 6 nitrogen and oxygen atoms in total. The van der Waals surface area contributed by atoms with Gasteiger partial charge in [-0.15, -0.1) is 0 Å². The fourth-order valence-corrected chi connectivity index (χ4v) is 5.46. The minimum absolute atomic E-state index is 0.0739. The van der Waals surface area contributed by atoms with Gasteiger partial charge in [0.15, 0.2) is 0 Å². The molecule has 142 valence electrons. The zero-order valence-corrected chi connectivity index (χ0v) is 16.6. The van der Waals surface area contributed by atoms with E-state index in [1.807, 2.05) is 19.1 Å². The summed E-state index contributed by atoms with van der Waals surface area (Å²) in [5.41, 5.74) is 1.75. The Morgan fingerprint density at radius 3 is 2.48 bits per heavy atom. The first-order valence-corrected chi connectivity index (χ1v) is 10.8. The number of hydrogen-bond donors (Lipinski definition) is 3. The van der Waals surface area contributed by atoms with Crippen LogP contribution in [0.4, 0.5) is 5.69 Å². The van der Waals surface area contributed by atoms with Crippen molar-refractivity contribution in [1.82, 2.24) is 0 Å². The molecular weight excluding hydrogens is 338 g/mol. The van der Waals surface area contributed by atoms with Gasteiger partial charge < -0.3 is 28.8 Å². The minimum atomic E-state index is -2.62. The summed E-state index contributed by atoms with van der Waals surface area (Å²) >= 11 is 0. The van der Waals surface area contributed by atoms with Crippen molar-refractivity contribution in [2.45, 2.75) is 50.8 Å². The maximum absolute atomic E-state index is 10.8. The van der Waals surface area contributed by atoms with Gasteiger partial charge in [-0.2, -0.15) is 0 Å². The second kappa shape index (κ2) is 9.00. The molecule has 2 rings (SSSR count). The van der Waals surface area contributed by atoms with Crippen LogP contribution in [0.5, 0.6) is 5.75 Å². The summed E-state index contributed by atoms with van der Waals surface area (Å²) in [6.45, 7) is 1.98. The average molecular weight is 370 g/mol. The molecule has 0 saturated heterocycles. The molecular formula is C18H31NO5Si. The molecule has 3 unspecified atom stereocenters. The van der Waals surface area contributed by atoms with Crippen molar-refractivity contribution in [1.29, 1.82) is 0 Å². The van der Waals surface area contributed by atoms with Crippen LogP contribution < -0.4 is 5.32 Å². The fraction of sp³-hybridized carbons (Fsp3) is 0.667. The highest BCUT2D eigenvalue weighted by Crippen LogP contribution is 2.34. The molecule has 3 atom stereocenters. The Morgan fingerprint density at radius 2 is 1.84 bits per heavy atom. The van der Waals surface area contributed by atoms with Gasteiger partial charge in [-0.1, -0.05) is 12.5 Å². The molecule has 0 aromatic heterocycles. The molecule has 0 spiro atoms. The number of phenolic OH excluding ortho intramolecular Hbond substituents is 1. The summed E-state index contributed by atoms with van der Waals surface area (Å²) in [5.74, 6) is 0.370. The third-order valence-electron chi connectivity index (χ3n) is 5.23. The van der Waals surface area contributed by atoms with Gasteiger partial charge in [0.1, 0.15) is 5.75 Å². The van der Waals surface area contributed by atoms with E-state index in [0.29, 0.717) is 11.7 Å². The number of phenols is 1. The third-order valence-corrected chi connectivity index (χ3v) is 8.00. The number of aliphatic hydroxyl groups is 1. The number of aryl methyl sites for hydroxylation is 1. The van der Waals surface area contributed by atoms with Gasteiger partial charge in [0.25, 0.3) is 0 Å². The van der Waals surface area contributed by atoms with Crippen LogP contribution in [0.3, 0.4) is 0 Å². The zero-order chi connectivity index (χ0) is 18.4. The van der Waals surface area contributed by atoms with Crippen LogP contribution in [-0.2, 0) is 13.3 Å². The predicted molar refractivity (Wildman–Crippen MR) is 99.8 cm³/mol. The number of aromatic hydroxyl groups is 1. The number of nitrogens with one attached hydrogen (secondary N) is 1. The van der Waals surface area contributed by atoms with Gasteiger partial charge in [-0.05, 0) is 49.8 Å². The maximum atomic E-state index is 10.8. The molecule has 0 amide bonds. The molecule has 1 fully saturated rings. The number of hydrogen-bond acceptors (Lipinski definition) is 6. The SMILES string of the molecule is CO[Si](CCC1CCCC(Nc2cc(C)ccc2O)C1O)(OC)OC. The predicted octanol–water partition coefficient (Wildman–Crippen LogP) is 2.91. The summed E-state index contributed by atoms with van der Waals surface area (Å²) < 4.78 is 16.4. The average Bonchev–Trinajstić information content (AvgIpc) is 2.62. The van der Waals surface area contributed by atoms with Gasteiger partial charge in [0.2, 0.25) is 0 Å². The van der Waals surface area contributed by atoms with E-state index in [1.54, 1.807) is 27.4 Å². The molecule has 7 heteroatoms. The smallest absolute Gasteiger partial charge is 0.500 e. The van der Waals surface area contributed by atoms with Crippen molar-refractivity contribution >= 4 is 14.5 Å². The third kappa shape index (κ3) is 4.95. The van der Waals surface area contributed by atoms with E-state index in [0.717, 1.165) is 31.2 Å². The Kier molecular flexibility index (Phi) is 7.27. The van der Waals surface area contributed by atoms with E-state index in [4.69, 9.17) is 13.3 Å². The van der Waals surface area contributed by atoms with Crippen LogP contribution in [-0.4, -0.2) is 52.5 Å². The van der Waals surface area contributed by atoms with Crippen molar-refractivity contribution in [3.05, 3.63) is 23.8 Å². The largest absolute Gasteiger partial charge is 0.506 e. The van der Waals surface area contributed by atoms with Crippen molar-refractivity contribution < 1.29 is 23.5 Å². The normalized spacial score (nSPS) is 24.3. The fourth-order valence-electron chi connectivity index (χ4n) is 3.63. The van der Waals surface area contributed by atoms with E-state index >= 15 is 0 Å². The van der Waals surface area contributed by atoms with Crippen LogP contribution in [0.15, 0.2) is 18.2 Å². The number of rotatable bonds is 8. The van der Waals surface area contributed by atoms with Gasteiger partial charge in [0, 0.05) is 27.4 Å². The Morgan fingerprint density at radius 1 is 1.16 bits per heavy atom. The number of anilines is 1. The van der Waals surface area contributed by atoms with Gasteiger partial charge in [0.05, 0.1) is 17.8 Å². The van der Waals surface area contributed by atoms with E-state index in [1.165, 1.54) is 0 Å². The Labute approximate surface area is 151 Å². The number of aliphatic hydroxyl groups excluding tert-OH is 1. The summed E-state index contributed by atoms with van der Waals surface area (Å²) in [6, 6.07) is 6.06. The Balaban J connectivity index is 2.00. The Bertz CT molecular complexity index is 544. The first-order chi connectivity index (χ1) is 11.9. The molecule has 0 radical (unpaired) electrons. The minimum Gasteiger partial charge on any atom is -0.506 e. The van der Waals surface area contributed by atoms with E-state index < -0.39 is 14.9 Å². The lowest BCUT2D eigenvalue weighted by atomic mass is 9.81. The molecule has 1 aromatic rings. The van der Waals surface area contributed by atoms with Crippen molar-refractivity contribution in [2.24, 2.45) is 5.92 Å². The van der Waals surface area contributed by atoms with Crippen LogP contribution in [0.2, 0.25) is 6.04 Å². The molecule has 0 bridgehead atoms. The van der Waals surface area contributed by atoms with Crippen molar-refractivity contribution in [3.8, 4) is 5.75 Å². The molecule has 0 aliphatic heterocycles. The zero-order valence-electron chi connectivity index (χ0n) is 15.6. The molecule has 1 aromatic carbocycles. The van der Waals surface area contributed by atoms with Crippen LogP contribution in [0.25, 0.3) is 0 Å². The second-order valence-corrected chi connectivity index (χ2v) is 9.88. The van der Waals surface area contributed by atoms with Crippen LogP contribution >= 0.6 is 0 Å². The first kappa shape index (κ1) is 20.2. The Hall–Kier alpha value is -1.12. The first-order valence-electron chi connectivity index (χ1n) is 8.84. The molecule has 3 N–H and O–H groups in total. The molecule has 0 heterocycles. The van der Waals surface area contributed by atoms with Crippen molar-refractivity contribution in [3.63, 3.8) is 0 Å². The standard InChI is InChI=1S/C18H31NO5Si/c1-13-8-9-17(20)16(12-13)19-15-7-5-6-14(18(15)21)10-11-25(22-2,23-3)24-4/h8-9,12,14-15,18-21H,5-7,10-11H2,1-4H3. The van der Waals surface area contributed by atoms with Gasteiger partial charge >= 0.3 is 8.80 Å². The second-order valence-electron chi connectivity index (χ2n) is 6.79. The lowest BCUT2D eigenvalue weighted by molar-refractivity contribution is 0.0512.